The third-order valence-electron chi connectivity index (χ3n) is 2.11. The summed E-state index contributed by atoms with van der Waals surface area (Å²) in [5.41, 5.74) is 10.7. The summed E-state index contributed by atoms with van der Waals surface area (Å²) in [7, 11) is 1.65. The highest BCUT2D eigenvalue weighted by atomic mass is 16.5. The number of amides is 1. The Morgan fingerprint density at radius 3 is 2.43 bits per heavy atom. The van der Waals surface area contributed by atoms with Crippen molar-refractivity contribution in [3.05, 3.63) is 0 Å². The molecule has 0 bridgehead atoms. The Labute approximate surface area is 85.4 Å². The van der Waals surface area contributed by atoms with Gasteiger partial charge in [-0.1, -0.05) is 0 Å². The van der Waals surface area contributed by atoms with Crippen LogP contribution in [-0.2, 0) is 9.53 Å². The summed E-state index contributed by atoms with van der Waals surface area (Å²) in [5.74, 6) is -0.465. The first-order valence-electron chi connectivity index (χ1n) is 4.77. The Morgan fingerprint density at radius 2 is 2.07 bits per heavy atom. The second-order valence-corrected chi connectivity index (χ2v) is 3.59. The van der Waals surface area contributed by atoms with Crippen molar-refractivity contribution in [1.29, 1.82) is 0 Å². The molecule has 0 rings (SSSR count). The minimum absolute atomic E-state index is 0.329. The highest BCUT2D eigenvalue weighted by Gasteiger charge is 2.16. The molecule has 1 amide bonds. The largest absolute Gasteiger partial charge is 0.383 e. The van der Waals surface area contributed by atoms with Crippen LogP contribution >= 0.6 is 0 Å². The predicted molar refractivity (Wildman–Crippen MR) is 55.8 cm³/mol. The highest BCUT2D eigenvalue weighted by molar-refractivity contribution is 5.79. The van der Waals surface area contributed by atoms with Crippen LogP contribution < -0.4 is 11.5 Å². The second-order valence-electron chi connectivity index (χ2n) is 3.59. The quantitative estimate of drug-likeness (QED) is 0.565. The van der Waals surface area contributed by atoms with E-state index in [2.05, 4.69) is 4.90 Å². The van der Waals surface area contributed by atoms with E-state index in [0.717, 1.165) is 6.54 Å². The van der Waals surface area contributed by atoms with Crippen LogP contribution in [0.5, 0.6) is 0 Å². The molecule has 0 aromatic heterocycles. The number of methoxy groups -OCH3 is 1. The lowest BCUT2D eigenvalue weighted by Crippen LogP contribution is -2.48. The minimum atomic E-state index is -0.603. The van der Waals surface area contributed by atoms with Gasteiger partial charge in [-0.05, 0) is 13.8 Å². The molecule has 1 unspecified atom stereocenters. The van der Waals surface area contributed by atoms with E-state index in [-0.39, 0.29) is 0 Å². The van der Waals surface area contributed by atoms with E-state index >= 15 is 0 Å². The first-order valence-corrected chi connectivity index (χ1v) is 4.77. The van der Waals surface area contributed by atoms with Crippen LogP contribution in [-0.4, -0.2) is 49.7 Å². The van der Waals surface area contributed by atoms with Crippen LogP contribution in [0, 0.1) is 0 Å². The maximum Gasteiger partial charge on any atom is 0.235 e. The van der Waals surface area contributed by atoms with Crippen molar-refractivity contribution in [2.45, 2.75) is 25.9 Å². The lowest BCUT2D eigenvalue weighted by Gasteiger charge is -2.27. The van der Waals surface area contributed by atoms with Gasteiger partial charge in [0, 0.05) is 26.2 Å². The summed E-state index contributed by atoms with van der Waals surface area (Å²) in [6.07, 6.45) is 0. The number of carbonyl (C=O) groups excluding carboxylic acids is 1. The molecule has 0 aliphatic heterocycles. The van der Waals surface area contributed by atoms with Crippen molar-refractivity contribution in [3.63, 3.8) is 0 Å². The third kappa shape index (κ3) is 5.16. The molecule has 0 saturated carbocycles. The number of hydrogen-bond donors (Lipinski definition) is 2. The zero-order chi connectivity index (χ0) is 11.1. The van der Waals surface area contributed by atoms with Gasteiger partial charge >= 0.3 is 0 Å². The molecule has 0 aromatic carbocycles. The van der Waals surface area contributed by atoms with Gasteiger partial charge in [-0.25, -0.2) is 0 Å². The standard InChI is InChI=1S/C9H21N3O2/c1-7(2)12(4-5-14-3)6-8(10)9(11)13/h7-8H,4-6,10H2,1-3H3,(H2,11,13). The fraction of sp³-hybridized carbons (Fsp3) is 0.889. The molecule has 5 heteroatoms. The van der Waals surface area contributed by atoms with Gasteiger partial charge < -0.3 is 16.2 Å². The van der Waals surface area contributed by atoms with Gasteiger partial charge in [0.25, 0.3) is 0 Å². The van der Waals surface area contributed by atoms with Crippen molar-refractivity contribution in [2.75, 3.05) is 26.8 Å². The minimum Gasteiger partial charge on any atom is -0.383 e. The van der Waals surface area contributed by atoms with Crippen molar-refractivity contribution >= 4 is 5.91 Å². The maximum absolute atomic E-state index is 10.8. The Bertz CT molecular complexity index is 173. The Morgan fingerprint density at radius 1 is 1.50 bits per heavy atom. The molecule has 14 heavy (non-hydrogen) atoms. The third-order valence-corrected chi connectivity index (χ3v) is 2.11. The average molecular weight is 203 g/mol. The molecule has 5 nitrogen and oxygen atoms in total. The van der Waals surface area contributed by atoms with Crippen molar-refractivity contribution in [1.82, 2.24) is 4.90 Å². The lowest BCUT2D eigenvalue weighted by molar-refractivity contribution is -0.119. The Hall–Kier alpha value is -0.650. The number of primary amides is 1. The molecular formula is C9H21N3O2. The molecule has 1 atom stereocenters. The van der Waals surface area contributed by atoms with Gasteiger partial charge in [-0.2, -0.15) is 0 Å². The van der Waals surface area contributed by atoms with Gasteiger partial charge in [0.15, 0.2) is 0 Å². The molecule has 0 heterocycles. The summed E-state index contributed by atoms with van der Waals surface area (Å²) in [6.45, 7) is 5.96. The van der Waals surface area contributed by atoms with E-state index in [1.54, 1.807) is 7.11 Å². The monoisotopic (exact) mass is 203 g/mol. The van der Waals surface area contributed by atoms with Gasteiger partial charge in [0.1, 0.15) is 0 Å². The van der Waals surface area contributed by atoms with Crippen LogP contribution in [0.15, 0.2) is 0 Å². The van der Waals surface area contributed by atoms with Crippen molar-refractivity contribution in [3.8, 4) is 0 Å². The van der Waals surface area contributed by atoms with Crippen LogP contribution in [0.25, 0.3) is 0 Å². The Kier molecular flexibility index (Phi) is 6.44. The van der Waals surface area contributed by atoms with E-state index in [1.165, 1.54) is 0 Å². The van der Waals surface area contributed by atoms with Crippen molar-refractivity contribution < 1.29 is 9.53 Å². The van der Waals surface area contributed by atoms with Crippen molar-refractivity contribution in [2.24, 2.45) is 11.5 Å². The highest BCUT2D eigenvalue weighted by Crippen LogP contribution is 1.98. The molecule has 0 saturated heterocycles. The van der Waals surface area contributed by atoms with Crippen LogP contribution in [0.3, 0.4) is 0 Å². The van der Waals surface area contributed by atoms with E-state index in [0.29, 0.717) is 19.2 Å². The molecule has 0 radical (unpaired) electrons. The SMILES string of the molecule is COCCN(CC(N)C(N)=O)C(C)C. The van der Waals surface area contributed by atoms with Gasteiger partial charge in [0.05, 0.1) is 12.6 Å². The maximum atomic E-state index is 10.8. The summed E-state index contributed by atoms with van der Waals surface area (Å²) in [6, 6.07) is -0.273. The molecule has 0 fully saturated rings. The Balaban J connectivity index is 4.02. The number of ether oxygens (including phenoxy) is 1. The van der Waals surface area contributed by atoms with E-state index in [4.69, 9.17) is 16.2 Å². The fourth-order valence-corrected chi connectivity index (χ4v) is 1.11. The van der Waals surface area contributed by atoms with Crippen LogP contribution in [0.1, 0.15) is 13.8 Å². The number of nitrogens with zero attached hydrogens (tertiary/aromatic N) is 1. The molecular weight excluding hydrogens is 182 g/mol. The van der Waals surface area contributed by atoms with E-state index < -0.39 is 11.9 Å². The lowest BCUT2D eigenvalue weighted by atomic mass is 10.2. The molecule has 84 valence electrons. The van der Waals surface area contributed by atoms with Gasteiger partial charge in [-0.15, -0.1) is 0 Å². The molecule has 0 spiro atoms. The van der Waals surface area contributed by atoms with Crippen LogP contribution in [0.4, 0.5) is 0 Å². The van der Waals surface area contributed by atoms with E-state index in [9.17, 15) is 4.79 Å². The van der Waals surface area contributed by atoms with Gasteiger partial charge in [-0.3, -0.25) is 9.69 Å². The smallest absolute Gasteiger partial charge is 0.235 e. The zero-order valence-electron chi connectivity index (χ0n) is 9.19. The molecule has 0 aliphatic carbocycles. The van der Waals surface area contributed by atoms with Crippen LogP contribution in [0.2, 0.25) is 0 Å². The molecule has 4 N–H and O–H groups in total. The van der Waals surface area contributed by atoms with E-state index in [1.807, 2.05) is 13.8 Å². The number of carbonyl (C=O) groups is 1. The average Bonchev–Trinajstić information content (AvgIpc) is 2.10. The fourth-order valence-electron chi connectivity index (χ4n) is 1.11. The summed E-state index contributed by atoms with van der Waals surface area (Å²) in [5, 5.41) is 0. The first kappa shape index (κ1) is 13.4. The second kappa shape index (κ2) is 6.75. The first-order chi connectivity index (χ1) is 6.49. The summed E-state index contributed by atoms with van der Waals surface area (Å²) >= 11 is 0. The number of rotatable bonds is 7. The molecule has 0 aromatic rings. The molecule has 0 aliphatic rings. The van der Waals surface area contributed by atoms with Gasteiger partial charge in [0.2, 0.25) is 5.91 Å². The normalized spacial score (nSPS) is 13.6. The zero-order valence-corrected chi connectivity index (χ0v) is 9.19. The number of nitrogens with two attached hydrogens (primary N) is 2. The summed E-state index contributed by atoms with van der Waals surface area (Å²) in [4.78, 5) is 12.8. The predicted octanol–water partition coefficient (Wildman–Crippen LogP) is -0.844. The summed E-state index contributed by atoms with van der Waals surface area (Å²) < 4.78 is 4.97. The number of hydrogen-bond acceptors (Lipinski definition) is 4. The topological polar surface area (TPSA) is 81.6 Å².